The van der Waals surface area contributed by atoms with E-state index in [1.165, 1.54) is 11.1 Å². The Morgan fingerprint density at radius 3 is 2.04 bits per heavy atom. The number of carbonyl (C=O) groups is 1. The first-order valence-corrected chi connectivity index (χ1v) is 8.49. The van der Waals surface area contributed by atoms with Crippen molar-refractivity contribution in [2.75, 3.05) is 0 Å². The van der Waals surface area contributed by atoms with Gasteiger partial charge < -0.3 is 10.6 Å². The van der Waals surface area contributed by atoms with Crippen LogP contribution in [-0.2, 0) is 4.79 Å². The molecule has 1 amide bonds. The fraction of sp³-hybridized carbons (Fsp3) is 0.350. The predicted molar refractivity (Wildman–Crippen MR) is 90.8 cm³/mol. The quantitative estimate of drug-likeness (QED) is 0.893. The number of carbonyl (C=O) groups excluding carboxylic acids is 1. The average molecular weight is 306 g/mol. The summed E-state index contributed by atoms with van der Waals surface area (Å²) in [5.41, 5.74) is 2.46. The van der Waals surface area contributed by atoms with Crippen LogP contribution in [-0.4, -0.2) is 11.9 Å². The van der Waals surface area contributed by atoms with Crippen molar-refractivity contribution >= 4 is 5.91 Å². The molecule has 23 heavy (non-hydrogen) atoms. The molecule has 2 bridgehead atoms. The van der Waals surface area contributed by atoms with Gasteiger partial charge >= 0.3 is 0 Å². The molecular weight excluding hydrogens is 284 g/mol. The largest absolute Gasteiger partial charge is 0.351 e. The summed E-state index contributed by atoms with van der Waals surface area (Å²) < 4.78 is 0. The lowest BCUT2D eigenvalue weighted by Crippen LogP contribution is -2.40. The van der Waals surface area contributed by atoms with E-state index in [2.05, 4.69) is 59.2 Å². The Bertz CT molecular complexity index is 671. The molecule has 0 spiro atoms. The number of fused-ring (bicyclic) bond motifs is 3. The number of hydrogen-bond donors (Lipinski definition) is 2. The highest BCUT2D eigenvalue weighted by Crippen LogP contribution is 2.37. The average Bonchev–Trinajstić information content (AvgIpc) is 2.85. The Balaban J connectivity index is 1.75. The predicted octanol–water partition coefficient (Wildman–Crippen LogP) is 3.36. The summed E-state index contributed by atoms with van der Waals surface area (Å²) in [5.74, 6) is 0.211. The van der Waals surface area contributed by atoms with Gasteiger partial charge in [-0.15, -0.1) is 0 Å². The van der Waals surface area contributed by atoms with Gasteiger partial charge in [0.15, 0.2) is 0 Å². The number of rotatable bonds is 2. The van der Waals surface area contributed by atoms with Crippen LogP contribution >= 0.6 is 0 Å². The fourth-order valence-corrected chi connectivity index (χ4v) is 4.02. The summed E-state index contributed by atoms with van der Waals surface area (Å²) in [5, 5.41) is 7.09. The molecule has 4 atom stereocenters. The van der Waals surface area contributed by atoms with Crippen LogP contribution in [0.15, 0.2) is 60.7 Å². The Hall–Kier alpha value is -2.13. The smallest absolute Gasteiger partial charge is 0.225 e. The standard InChI is InChI=1S/C20H22N2O/c23-20-16-12-7-13-17(21-20)19(15-10-5-2-6-11-15)22-18(16)14-8-3-1-4-9-14/h1-6,8-11,16-19,22H,7,12-13H2,(H,21,23). The van der Waals surface area contributed by atoms with Crippen LogP contribution in [0.2, 0.25) is 0 Å². The lowest BCUT2D eigenvalue weighted by Gasteiger charge is -2.32. The van der Waals surface area contributed by atoms with E-state index in [0.717, 1.165) is 19.3 Å². The first-order chi connectivity index (χ1) is 11.3. The Kier molecular flexibility index (Phi) is 3.88. The highest BCUT2D eigenvalue weighted by Gasteiger charge is 2.41. The van der Waals surface area contributed by atoms with Crippen LogP contribution in [0.25, 0.3) is 0 Å². The van der Waals surface area contributed by atoms with Crippen LogP contribution < -0.4 is 10.6 Å². The molecule has 0 radical (unpaired) electrons. The zero-order chi connectivity index (χ0) is 15.6. The van der Waals surface area contributed by atoms with Gasteiger partial charge in [0, 0.05) is 12.1 Å². The normalized spacial score (nSPS) is 30.3. The van der Waals surface area contributed by atoms with Crippen molar-refractivity contribution in [2.45, 2.75) is 37.4 Å². The minimum absolute atomic E-state index is 0.0103. The van der Waals surface area contributed by atoms with Gasteiger partial charge in [-0.3, -0.25) is 4.79 Å². The first-order valence-electron chi connectivity index (χ1n) is 8.49. The third kappa shape index (κ3) is 2.77. The highest BCUT2D eigenvalue weighted by molar-refractivity contribution is 5.80. The van der Waals surface area contributed by atoms with E-state index in [-0.39, 0.29) is 30.0 Å². The van der Waals surface area contributed by atoms with Crippen molar-refractivity contribution < 1.29 is 4.79 Å². The van der Waals surface area contributed by atoms with Crippen molar-refractivity contribution in [3.05, 3.63) is 71.8 Å². The number of nitrogens with one attached hydrogen (secondary N) is 2. The van der Waals surface area contributed by atoms with Gasteiger partial charge in [0.1, 0.15) is 0 Å². The summed E-state index contributed by atoms with van der Waals surface area (Å²) in [7, 11) is 0. The first kappa shape index (κ1) is 14.5. The molecule has 3 nitrogen and oxygen atoms in total. The number of benzene rings is 2. The molecule has 0 aromatic heterocycles. The maximum Gasteiger partial charge on any atom is 0.225 e. The van der Waals surface area contributed by atoms with Gasteiger partial charge in [-0.05, 0) is 24.0 Å². The molecule has 118 valence electrons. The summed E-state index contributed by atoms with van der Waals surface area (Å²) in [6, 6.07) is 21.3. The Morgan fingerprint density at radius 2 is 1.39 bits per heavy atom. The van der Waals surface area contributed by atoms with Gasteiger partial charge in [0.05, 0.1) is 12.0 Å². The van der Waals surface area contributed by atoms with Crippen LogP contribution in [0.1, 0.15) is 42.5 Å². The maximum absolute atomic E-state index is 12.7. The number of hydrogen-bond acceptors (Lipinski definition) is 2. The van der Waals surface area contributed by atoms with E-state index in [1.54, 1.807) is 0 Å². The molecule has 2 aromatic rings. The molecule has 2 fully saturated rings. The monoisotopic (exact) mass is 306 g/mol. The van der Waals surface area contributed by atoms with Crippen molar-refractivity contribution in [1.29, 1.82) is 0 Å². The van der Waals surface area contributed by atoms with Gasteiger partial charge in [-0.1, -0.05) is 67.1 Å². The molecule has 3 heteroatoms. The van der Waals surface area contributed by atoms with Crippen molar-refractivity contribution in [3.8, 4) is 0 Å². The van der Waals surface area contributed by atoms with Crippen LogP contribution in [0.5, 0.6) is 0 Å². The summed E-state index contributed by atoms with van der Waals surface area (Å²) in [4.78, 5) is 12.7. The highest BCUT2D eigenvalue weighted by atomic mass is 16.2. The third-order valence-corrected chi connectivity index (χ3v) is 5.18. The molecule has 2 N–H and O–H groups in total. The van der Waals surface area contributed by atoms with Crippen molar-refractivity contribution in [2.24, 2.45) is 5.92 Å². The van der Waals surface area contributed by atoms with E-state index >= 15 is 0 Å². The zero-order valence-corrected chi connectivity index (χ0v) is 13.1. The van der Waals surface area contributed by atoms with E-state index in [0.29, 0.717) is 0 Å². The molecule has 4 unspecified atom stereocenters. The lowest BCUT2D eigenvalue weighted by atomic mass is 9.85. The Morgan fingerprint density at radius 1 is 0.783 bits per heavy atom. The molecule has 0 saturated carbocycles. The summed E-state index contributed by atoms with van der Waals surface area (Å²) in [6.45, 7) is 0. The van der Waals surface area contributed by atoms with Gasteiger partial charge in [0.2, 0.25) is 5.91 Å². The Labute approximate surface area is 137 Å². The second-order valence-electron chi connectivity index (χ2n) is 6.60. The van der Waals surface area contributed by atoms with Gasteiger partial charge in [0.25, 0.3) is 0 Å². The van der Waals surface area contributed by atoms with Gasteiger partial charge in [-0.25, -0.2) is 0 Å². The molecule has 4 rings (SSSR count). The van der Waals surface area contributed by atoms with Crippen LogP contribution in [0.4, 0.5) is 0 Å². The number of amides is 1. The van der Waals surface area contributed by atoms with Crippen LogP contribution in [0, 0.1) is 5.92 Å². The van der Waals surface area contributed by atoms with Crippen molar-refractivity contribution in [1.82, 2.24) is 10.6 Å². The van der Waals surface area contributed by atoms with E-state index in [1.807, 2.05) is 12.1 Å². The SMILES string of the molecule is O=C1NC2CCCC1C(c1ccccc1)NC2c1ccccc1. The summed E-state index contributed by atoms with van der Waals surface area (Å²) in [6.07, 6.45) is 3.09. The molecule has 2 aliphatic rings. The second-order valence-corrected chi connectivity index (χ2v) is 6.60. The topological polar surface area (TPSA) is 41.1 Å². The fourth-order valence-electron chi connectivity index (χ4n) is 4.02. The van der Waals surface area contributed by atoms with Crippen LogP contribution in [0.3, 0.4) is 0 Å². The molecule has 2 aromatic carbocycles. The summed E-state index contributed by atoms with van der Waals surface area (Å²) >= 11 is 0. The maximum atomic E-state index is 12.7. The third-order valence-electron chi connectivity index (χ3n) is 5.18. The minimum Gasteiger partial charge on any atom is -0.351 e. The molecule has 0 aliphatic carbocycles. The van der Waals surface area contributed by atoms with E-state index < -0.39 is 0 Å². The van der Waals surface area contributed by atoms with E-state index in [4.69, 9.17) is 0 Å². The van der Waals surface area contributed by atoms with Gasteiger partial charge in [-0.2, -0.15) is 0 Å². The van der Waals surface area contributed by atoms with E-state index in [9.17, 15) is 4.79 Å². The minimum atomic E-state index is 0.0103. The zero-order valence-electron chi connectivity index (χ0n) is 13.1. The molecule has 2 saturated heterocycles. The van der Waals surface area contributed by atoms with Crippen molar-refractivity contribution in [3.63, 3.8) is 0 Å². The molecule has 2 heterocycles. The molecule has 2 aliphatic heterocycles. The second kappa shape index (κ2) is 6.17. The molecular formula is C20H22N2O. The lowest BCUT2D eigenvalue weighted by molar-refractivity contribution is -0.125.